The standard InChI is InChI=1S/C16H19N3.ClH/c1-2-5-15-10-16(18-12-17-15)19-9-8-13-6-3-4-7-14(13)11-19;/h3-4,6-7,10,12H,2,5,8-9,11H2,1H3;1H. The van der Waals surface area contributed by atoms with Crippen LogP contribution in [-0.2, 0) is 19.4 Å². The molecule has 3 rings (SSSR count). The average Bonchev–Trinajstić information content (AvgIpc) is 2.47. The van der Waals surface area contributed by atoms with E-state index >= 15 is 0 Å². The number of aromatic nitrogens is 2. The van der Waals surface area contributed by atoms with Crippen molar-refractivity contribution >= 4 is 18.2 Å². The molecule has 0 amide bonds. The molecule has 0 atom stereocenters. The Morgan fingerprint density at radius 1 is 1.15 bits per heavy atom. The number of anilines is 1. The Labute approximate surface area is 126 Å². The van der Waals surface area contributed by atoms with Gasteiger partial charge in [0.05, 0.1) is 0 Å². The molecule has 2 aromatic rings. The first-order valence-corrected chi connectivity index (χ1v) is 6.99. The molecule has 0 radical (unpaired) electrons. The first-order valence-electron chi connectivity index (χ1n) is 6.99. The SMILES string of the molecule is CCCc1cc(N2CCc3ccccc3C2)ncn1.Cl. The van der Waals surface area contributed by atoms with E-state index < -0.39 is 0 Å². The molecule has 0 unspecified atom stereocenters. The molecule has 1 aliphatic rings. The smallest absolute Gasteiger partial charge is 0.132 e. The predicted molar refractivity (Wildman–Crippen MR) is 84.5 cm³/mol. The van der Waals surface area contributed by atoms with Crippen LogP contribution < -0.4 is 4.90 Å². The lowest BCUT2D eigenvalue weighted by Crippen LogP contribution is -2.31. The monoisotopic (exact) mass is 289 g/mol. The fraction of sp³-hybridized carbons (Fsp3) is 0.375. The highest BCUT2D eigenvalue weighted by Crippen LogP contribution is 2.23. The van der Waals surface area contributed by atoms with Gasteiger partial charge in [0.1, 0.15) is 12.1 Å². The van der Waals surface area contributed by atoms with Crippen LogP contribution in [0.4, 0.5) is 5.82 Å². The van der Waals surface area contributed by atoms with Gasteiger partial charge in [0, 0.05) is 24.8 Å². The molecule has 4 heteroatoms. The highest BCUT2D eigenvalue weighted by atomic mass is 35.5. The van der Waals surface area contributed by atoms with Crippen molar-refractivity contribution in [2.75, 3.05) is 11.4 Å². The molecular formula is C16H20ClN3. The zero-order chi connectivity index (χ0) is 13.1. The molecule has 20 heavy (non-hydrogen) atoms. The van der Waals surface area contributed by atoms with Gasteiger partial charge in [-0.2, -0.15) is 0 Å². The molecule has 0 spiro atoms. The minimum Gasteiger partial charge on any atom is -0.352 e. The number of rotatable bonds is 3. The summed E-state index contributed by atoms with van der Waals surface area (Å²) in [5, 5.41) is 0. The van der Waals surface area contributed by atoms with Gasteiger partial charge in [-0.05, 0) is 24.0 Å². The number of nitrogens with zero attached hydrogens (tertiary/aromatic N) is 3. The average molecular weight is 290 g/mol. The van der Waals surface area contributed by atoms with Crippen LogP contribution >= 0.6 is 12.4 Å². The van der Waals surface area contributed by atoms with Crippen LogP contribution in [0.2, 0.25) is 0 Å². The van der Waals surface area contributed by atoms with Gasteiger partial charge in [0.25, 0.3) is 0 Å². The lowest BCUT2D eigenvalue weighted by molar-refractivity contribution is 0.716. The fourth-order valence-corrected chi connectivity index (χ4v) is 2.64. The van der Waals surface area contributed by atoms with Crippen LogP contribution in [0, 0.1) is 0 Å². The Kier molecular flexibility index (Phi) is 4.96. The Balaban J connectivity index is 0.00000147. The van der Waals surface area contributed by atoms with Gasteiger partial charge in [-0.15, -0.1) is 12.4 Å². The molecule has 0 saturated carbocycles. The summed E-state index contributed by atoms with van der Waals surface area (Å²) < 4.78 is 0. The van der Waals surface area contributed by atoms with Crippen molar-refractivity contribution in [3.05, 3.63) is 53.5 Å². The van der Waals surface area contributed by atoms with Gasteiger partial charge in [0.15, 0.2) is 0 Å². The van der Waals surface area contributed by atoms with E-state index in [9.17, 15) is 0 Å². The van der Waals surface area contributed by atoms with Crippen molar-refractivity contribution in [2.45, 2.75) is 32.7 Å². The molecule has 0 saturated heterocycles. The second-order valence-electron chi connectivity index (χ2n) is 5.06. The summed E-state index contributed by atoms with van der Waals surface area (Å²) >= 11 is 0. The van der Waals surface area contributed by atoms with E-state index in [2.05, 4.69) is 52.1 Å². The number of hydrogen-bond donors (Lipinski definition) is 0. The second-order valence-corrected chi connectivity index (χ2v) is 5.06. The molecule has 0 bridgehead atoms. The maximum absolute atomic E-state index is 4.43. The van der Waals surface area contributed by atoms with Crippen molar-refractivity contribution in [2.24, 2.45) is 0 Å². The molecule has 1 aliphatic heterocycles. The lowest BCUT2D eigenvalue weighted by atomic mass is 10.00. The van der Waals surface area contributed by atoms with Crippen molar-refractivity contribution < 1.29 is 0 Å². The van der Waals surface area contributed by atoms with E-state index in [1.807, 2.05) is 0 Å². The van der Waals surface area contributed by atoms with Crippen LogP contribution in [0.15, 0.2) is 36.7 Å². The topological polar surface area (TPSA) is 29.0 Å². The molecule has 0 fully saturated rings. The number of benzene rings is 1. The van der Waals surface area contributed by atoms with Crippen molar-refractivity contribution in [3.8, 4) is 0 Å². The van der Waals surface area contributed by atoms with Gasteiger partial charge in [-0.1, -0.05) is 37.6 Å². The molecule has 1 aromatic carbocycles. The normalized spacial score (nSPS) is 13.6. The first-order chi connectivity index (χ1) is 9.36. The minimum absolute atomic E-state index is 0. The van der Waals surface area contributed by atoms with Crippen LogP contribution in [0.3, 0.4) is 0 Å². The number of aryl methyl sites for hydroxylation is 1. The Morgan fingerprint density at radius 2 is 1.95 bits per heavy atom. The largest absolute Gasteiger partial charge is 0.352 e. The van der Waals surface area contributed by atoms with Gasteiger partial charge >= 0.3 is 0 Å². The molecular weight excluding hydrogens is 270 g/mol. The van der Waals surface area contributed by atoms with Crippen LogP contribution in [0.1, 0.15) is 30.2 Å². The number of fused-ring (bicyclic) bond motifs is 1. The van der Waals surface area contributed by atoms with E-state index in [4.69, 9.17) is 0 Å². The maximum Gasteiger partial charge on any atom is 0.132 e. The van der Waals surface area contributed by atoms with Gasteiger partial charge in [0.2, 0.25) is 0 Å². The summed E-state index contributed by atoms with van der Waals surface area (Å²) in [6.07, 6.45) is 4.95. The summed E-state index contributed by atoms with van der Waals surface area (Å²) in [4.78, 5) is 11.1. The number of hydrogen-bond acceptors (Lipinski definition) is 3. The summed E-state index contributed by atoms with van der Waals surface area (Å²) in [7, 11) is 0. The molecule has 0 N–H and O–H groups in total. The third-order valence-electron chi connectivity index (χ3n) is 3.67. The Bertz CT molecular complexity index is 571. The second kappa shape index (κ2) is 6.71. The van der Waals surface area contributed by atoms with Crippen molar-refractivity contribution in [1.29, 1.82) is 0 Å². The van der Waals surface area contributed by atoms with Crippen LogP contribution in [0.5, 0.6) is 0 Å². The summed E-state index contributed by atoms with van der Waals surface area (Å²) in [6, 6.07) is 10.8. The summed E-state index contributed by atoms with van der Waals surface area (Å²) in [5.41, 5.74) is 4.04. The van der Waals surface area contributed by atoms with E-state index in [0.29, 0.717) is 0 Å². The lowest BCUT2D eigenvalue weighted by Gasteiger charge is -2.29. The van der Waals surface area contributed by atoms with Crippen LogP contribution in [0.25, 0.3) is 0 Å². The van der Waals surface area contributed by atoms with Gasteiger partial charge < -0.3 is 4.90 Å². The van der Waals surface area contributed by atoms with Crippen molar-refractivity contribution in [1.82, 2.24) is 9.97 Å². The Hall–Kier alpha value is -1.61. The summed E-state index contributed by atoms with van der Waals surface area (Å²) in [6.45, 7) is 4.18. The zero-order valence-corrected chi connectivity index (χ0v) is 12.6. The molecule has 1 aromatic heterocycles. The quantitative estimate of drug-likeness (QED) is 0.867. The van der Waals surface area contributed by atoms with Crippen LogP contribution in [-0.4, -0.2) is 16.5 Å². The van der Waals surface area contributed by atoms with Crippen molar-refractivity contribution in [3.63, 3.8) is 0 Å². The fourth-order valence-electron chi connectivity index (χ4n) is 2.64. The van der Waals surface area contributed by atoms with E-state index in [1.165, 1.54) is 11.1 Å². The molecule has 2 heterocycles. The van der Waals surface area contributed by atoms with Gasteiger partial charge in [-0.25, -0.2) is 9.97 Å². The molecule has 3 nitrogen and oxygen atoms in total. The Morgan fingerprint density at radius 3 is 2.75 bits per heavy atom. The van der Waals surface area contributed by atoms with E-state index in [0.717, 1.165) is 43.9 Å². The number of halogens is 1. The third-order valence-corrected chi connectivity index (χ3v) is 3.67. The maximum atomic E-state index is 4.43. The highest BCUT2D eigenvalue weighted by molar-refractivity contribution is 5.85. The zero-order valence-electron chi connectivity index (χ0n) is 11.7. The summed E-state index contributed by atoms with van der Waals surface area (Å²) in [5.74, 6) is 1.06. The predicted octanol–water partition coefficient (Wildman–Crippen LogP) is 3.41. The van der Waals surface area contributed by atoms with E-state index in [-0.39, 0.29) is 12.4 Å². The third kappa shape index (κ3) is 3.10. The first kappa shape index (κ1) is 14.8. The van der Waals surface area contributed by atoms with Gasteiger partial charge in [-0.3, -0.25) is 0 Å². The highest BCUT2D eigenvalue weighted by Gasteiger charge is 2.17. The molecule has 0 aliphatic carbocycles. The molecule has 106 valence electrons. The minimum atomic E-state index is 0. The van der Waals surface area contributed by atoms with E-state index in [1.54, 1.807) is 6.33 Å².